The molecule has 1 aliphatic heterocycles. The number of nitrogen functional groups attached to an aromatic ring is 1. The van der Waals surface area contributed by atoms with Gasteiger partial charge in [0.25, 0.3) is 5.91 Å². The number of ether oxygens (including phenoxy) is 1. The summed E-state index contributed by atoms with van der Waals surface area (Å²) < 4.78 is 5.25. The molecule has 2 amide bonds. The van der Waals surface area contributed by atoms with Crippen LogP contribution in [0.2, 0.25) is 0 Å². The van der Waals surface area contributed by atoms with Gasteiger partial charge in [-0.05, 0) is 42.0 Å². The number of rotatable bonds is 4. The number of anilines is 2. The number of nitrogens with one attached hydrogen (secondary N) is 1. The molecule has 0 spiro atoms. The van der Waals surface area contributed by atoms with Gasteiger partial charge >= 0.3 is 0 Å². The molecule has 7 heteroatoms. The quantitative estimate of drug-likeness (QED) is 0.803. The highest BCUT2D eigenvalue weighted by Gasteiger charge is 2.16. The summed E-state index contributed by atoms with van der Waals surface area (Å²) in [5.41, 5.74) is 8.38. The molecule has 2 aromatic rings. The maximum Gasteiger partial charge on any atom is 0.255 e. The normalized spacial score (nSPS) is 13.6. The third-order valence-corrected chi connectivity index (χ3v) is 4.10. The average molecular weight is 376 g/mol. The summed E-state index contributed by atoms with van der Waals surface area (Å²) in [4.78, 5) is 26.2. The van der Waals surface area contributed by atoms with E-state index >= 15 is 0 Å². The molecule has 0 aliphatic carbocycles. The van der Waals surface area contributed by atoms with Gasteiger partial charge in [-0.15, -0.1) is 12.4 Å². The highest BCUT2D eigenvalue weighted by atomic mass is 35.5. The van der Waals surface area contributed by atoms with Gasteiger partial charge in [-0.3, -0.25) is 9.59 Å². The van der Waals surface area contributed by atoms with Gasteiger partial charge in [0.15, 0.2) is 0 Å². The van der Waals surface area contributed by atoms with Crippen molar-refractivity contribution in [2.45, 2.75) is 6.42 Å². The molecule has 26 heavy (non-hydrogen) atoms. The van der Waals surface area contributed by atoms with Crippen molar-refractivity contribution in [3.05, 3.63) is 59.7 Å². The van der Waals surface area contributed by atoms with Crippen LogP contribution in [0.5, 0.6) is 0 Å². The Kier molecular flexibility index (Phi) is 7.00. The van der Waals surface area contributed by atoms with Crippen molar-refractivity contribution < 1.29 is 14.3 Å². The van der Waals surface area contributed by atoms with Gasteiger partial charge in [0.2, 0.25) is 5.91 Å². The molecule has 0 bridgehead atoms. The molecule has 1 aliphatic rings. The summed E-state index contributed by atoms with van der Waals surface area (Å²) in [6, 6.07) is 14.1. The Morgan fingerprint density at radius 3 is 2.23 bits per heavy atom. The zero-order valence-electron chi connectivity index (χ0n) is 14.3. The van der Waals surface area contributed by atoms with Gasteiger partial charge in [-0.25, -0.2) is 0 Å². The summed E-state index contributed by atoms with van der Waals surface area (Å²) in [6.07, 6.45) is 0.353. The van der Waals surface area contributed by atoms with E-state index in [2.05, 4.69) is 5.32 Å². The largest absolute Gasteiger partial charge is 0.399 e. The monoisotopic (exact) mass is 375 g/mol. The molecule has 1 heterocycles. The summed E-state index contributed by atoms with van der Waals surface area (Å²) in [5, 5.41) is 2.83. The van der Waals surface area contributed by atoms with Crippen LogP contribution in [0.1, 0.15) is 15.9 Å². The van der Waals surface area contributed by atoms with Crippen molar-refractivity contribution in [2.24, 2.45) is 0 Å². The fourth-order valence-electron chi connectivity index (χ4n) is 2.64. The summed E-state index contributed by atoms with van der Waals surface area (Å²) in [6.45, 7) is 2.49. The lowest BCUT2D eigenvalue weighted by atomic mass is 10.1. The van der Waals surface area contributed by atoms with Crippen molar-refractivity contribution >= 4 is 35.6 Å². The van der Waals surface area contributed by atoms with Crippen LogP contribution in [0.15, 0.2) is 48.5 Å². The summed E-state index contributed by atoms with van der Waals surface area (Å²) in [5.74, 6) is -0.0981. The molecular formula is C19H22ClN3O3. The first kappa shape index (κ1) is 19.8. The Morgan fingerprint density at radius 1 is 1.00 bits per heavy atom. The summed E-state index contributed by atoms with van der Waals surface area (Å²) in [7, 11) is 0. The zero-order valence-corrected chi connectivity index (χ0v) is 15.1. The number of hydrogen-bond donors (Lipinski definition) is 2. The second kappa shape index (κ2) is 9.22. The van der Waals surface area contributed by atoms with E-state index in [9.17, 15) is 9.59 Å². The van der Waals surface area contributed by atoms with Gasteiger partial charge in [-0.2, -0.15) is 0 Å². The Balaban J connectivity index is 0.00000243. The minimum atomic E-state index is -0.197. The second-order valence-electron chi connectivity index (χ2n) is 5.94. The van der Waals surface area contributed by atoms with Gasteiger partial charge in [0.1, 0.15) is 0 Å². The van der Waals surface area contributed by atoms with E-state index < -0.39 is 0 Å². The van der Waals surface area contributed by atoms with Crippen LogP contribution in [0.25, 0.3) is 0 Å². The van der Waals surface area contributed by atoms with Crippen molar-refractivity contribution in [1.82, 2.24) is 4.90 Å². The Labute approximate surface area is 158 Å². The predicted molar refractivity (Wildman–Crippen MR) is 104 cm³/mol. The predicted octanol–water partition coefficient (Wildman–Crippen LogP) is 2.34. The van der Waals surface area contributed by atoms with E-state index in [0.29, 0.717) is 49.7 Å². The molecule has 6 nitrogen and oxygen atoms in total. The van der Waals surface area contributed by atoms with Crippen molar-refractivity contribution in [3.8, 4) is 0 Å². The SMILES string of the molecule is Cl.Nc1ccc(C(=O)Nc2ccc(CC(=O)N3CCOCC3)cc2)cc1. The lowest BCUT2D eigenvalue weighted by Gasteiger charge is -2.26. The van der Waals surface area contributed by atoms with Crippen LogP contribution < -0.4 is 11.1 Å². The number of nitrogens with two attached hydrogens (primary N) is 1. The highest BCUT2D eigenvalue weighted by molar-refractivity contribution is 6.04. The molecule has 0 unspecified atom stereocenters. The van der Waals surface area contributed by atoms with Crippen LogP contribution in [-0.2, 0) is 16.0 Å². The smallest absolute Gasteiger partial charge is 0.255 e. The number of benzene rings is 2. The van der Waals surface area contributed by atoms with Crippen molar-refractivity contribution in [3.63, 3.8) is 0 Å². The fourth-order valence-corrected chi connectivity index (χ4v) is 2.64. The maximum absolute atomic E-state index is 12.2. The minimum absolute atomic E-state index is 0. The molecule has 3 rings (SSSR count). The van der Waals surface area contributed by atoms with E-state index in [4.69, 9.17) is 10.5 Å². The zero-order chi connectivity index (χ0) is 17.6. The number of amides is 2. The first-order chi connectivity index (χ1) is 12.1. The molecule has 0 saturated carbocycles. The van der Waals surface area contributed by atoms with Crippen LogP contribution in [0.4, 0.5) is 11.4 Å². The minimum Gasteiger partial charge on any atom is -0.399 e. The van der Waals surface area contributed by atoms with Gasteiger partial charge in [0.05, 0.1) is 19.6 Å². The van der Waals surface area contributed by atoms with Gasteiger partial charge < -0.3 is 20.7 Å². The number of nitrogens with zero attached hydrogens (tertiary/aromatic N) is 1. The maximum atomic E-state index is 12.2. The van der Waals surface area contributed by atoms with Gasteiger partial charge in [0, 0.05) is 30.0 Å². The molecule has 0 radical (unpaired) electrons. The number of carbonyl (C=O) groups excluding carboxylic acids is 2. The van der Waals surface area contributed by atoms with Crippen LogP contribution >= 0.6 is 12.4 Å². The number of morpholine rings is 1. The molecule has 138 valence electrons. The Morgan fingerprint density at radius 2 is 1.62 bits per heavy atom. The van der Waals surface area contributed by atoms with E-state index in [1.807, 2.05) is 17.0 Å². The number of carbonyl (C=O) groups is 2. The second-order valence-corrected chi connectivity index (χ2v) is 5.94. The van der Waals surface area contributed by atoms with Crippen LogP contribution in [-0.4, -0.2) is 43.0 Å². The van der Waals surface area contributed by atoms with E-state index in [-0.39, 0.29) is 24.2 Å². The molecule has 3 N–H and O–H groups in total. The third kappa shape index (κ3) is 5.21. The molecule has 0 atom stereocenters. The first-order valence-electron chi connectivity index (χ1n) is 8.23. The Bertz CT molecular complexity index is 742. The lowest BCUT2D eigenvalue weighted by molar-refractivity contribution is -0.134. The van der Waals surface area contributed by atoms with Crippen LogP contribution in [0.3, 0.4) is 0 Å². The number of hydrogen-bond acceptors (Lipinski definition) is 4. The lowest BCUT2D eigenvalue weighted by Crippen LogP contribution is -2.41. The number of halogens is 1. The van der Waals surface area contributed by atoms with E-state index in [0.717, 1.165) is 5.56 Å². The average Bonchev–Trinajstić information content (AvgIpc) is 2.64. The molecule has 2 aromatic carbocycles. The first-order valence-corrected chi connectivity index (χ1v) is 8.23. The summed E-state index contributed by atoms with van der Waals surface area (Å²) >= 11 is 0. The van der Waals surface area contributed by atoms with Crippen molar-refractivity contribution in [1.29, 1.82) is 0 Å². The standard InChI is InChI=1S/C19H21N3O3.ClH/c20-16-5-3-15(4-6-16)19(24)21-17-7-1-14(2-8-17)13-18(23)22-9-11-25-12-10-22;/h1-8H,9-13,20H2,(H,21,24);1H. The fraction of sp³-hybridized carbons (Fsp3) is 0.263. The van der Waals surface area contributed by atoms with Gasteiger partial charge in [-0.1, -0.05) is 12.1 Å². The van der Waals surface area contributed by atoms with E-state index in [1.165, 1.54) is 0 Å². The third-order valence-electron chi connectivity index (χ3n) is 4.10. The molecule has 1 saturated heterocycles. The molecular weight excluding hydrogens is 354 g/mol. The van der Waals surface area contributed by atoms with E-state index in [1.54, 1.807) is 36.4 Å². The van der Waals surface area contributed by atoms with Crippen molar-refractivity contribution in [2.75, 3.05) is 37.4 Å². The Hall–Kier alpha value is -2.57. The topological polar surface area (TPSA) is 84.7 Å². The highest BCUT2D eigenvalue weighted by Crippen LogP contribution is 2.14. The molecule has 1 fully saturated rings. The molecule has 0 aromatic heterocycles. The van der Waals surface area contributed by atoms with Crippen LogP contribution in [0, 0.1) is 0 Å².